The number of nitrogens with zero attached hydrogens (tertiary/aromatic N) is 5. The van der Waals surface area contributed by atoms with E-state index in [-0.39, 0.29) is 5.92 Å². The lowest BCUT2D eigenvalue weighted by Gasteiger charge is -2.22. The molecule has 0 N–H and O–H groups in total. The number of rotatable bonds is 6. The number of pyridine rings is 1. The molecule has 0 amide bonds. The Balaban J connectivity index is 1.13. The van der Waals surface area contributed by atoms with Crippen molar-refractivity contribution in [1.82, 2.24) is 24.5 Å². The molecule has 1 atom stereocenters. The van der Waals surface area contributed by atoms with Crippen LogP contribution in [0.15, 0.2) is 176 Å². The van der Waals surface area contributed by atoms with Gasteiger partial charge in [-0.05, 0) is 59.9 Å². The number of hydrogen-bond donors (Lipinski definition) is 0. The van der Waals surface area contributed by atoms with E-state index in [1.54, 1.807) is 0 Å². The van der Waals surface area contributed by atoms with E-state index in [0.717, 1.165) is 67.4 Å². The standard InChI is InChI=1S/C49H35N5/c1-32-31-37(33-15-5-2-6-16-33)27-30-39(32)49-52-47(35-19-9-4-10-20-35)51-48(53-49)36-25-28-38(29-26-36)54-43-24-14-12-22-41(43)44-45(34-17-7-3-8-18-34)50-42-23-13-11-21-40(42)46(44)54/h2-30,32H,31H2,1H3. The normalized spacial score (nSPS) is 14.4. The number of aromatic nitrogens is 5. The molecule has 6 aromatic carbocycles. The highest BCUT2D eigenvalue weighted by molar-refractivity contribution is 6.22. The Labute approximate surface area is 313 Å². The molecule has 3 heterocycles. The Morgan fingerprint density at radius 2 is 1.04 bits per heavy atom. The molecule has 0 saturated heterocycles. The maximum Gasteiger partial charge on any atom is 0.164 e. The fraction of sp³-hybridized carbons (Fsp3) is 0.0612. The summed E-state index contributed by atoms with van der Waals surface area (Å²) in [4.78, 5) is 20.5. The zero-order valence-corrected chi connectivity index (χ0v) is 29.8. The molecule has 3 aromatic heterocycles. The summed E-state index contributed by atoms with van der Waals surface area (Å²) in [7, 11) is 0. The number of benzene rings is 6. The van der Waals surface area contributed by atoms with Gasteiger partial charge in [0.25, 0.3) is 0 Å². The van der Waals surface area contributed by atoms with E-state index in [0.29, 0.717) is 17.5 Å². The topological polar surface area (TPSA) is 56.5 Å². The minimum absolute atomic E-state index is 0.242. The fourth-order valence-corrected chi connectivity index (χ4v) is 7.89. The first-order valence-corrected chi connectivity index (χ1v) is 18.5. The van der Waals surface area contributed by atoms with Crippen molar-refractivity contribution in [1.29, 1.82) is 0 Å². The molecule has 1 unspecified atom stereocenters. The van der Waals surface area contributed by atoms with E-state index in [2.05, 4.69) is 169 Å². The van der Waals surface area contributed by atoms with Crippen LogP contribution in [0.5, 0.6) is 0 Å². The summed E-state index contributed by atoms with van der Waals surface area (Å²) >= 11 is 0. The monoisotopic (exact) mass is 693 g/mol. The van der Waals surface area contributed by atoms with E-state index in [9.17, 15) is 0 Å². The summed E-state index contributed by atoms with van der Waals surface area (Å²) in [5.41, 5.74) is 12.0. The zero-order valence-electron chi connectivity index (χ0n) is 29.8. The molecular weight excluding hydrogens is 659 g/mol. The van der Waals surface area contributed by atoms with Gasteiger partial charge in [-0.25, -0.2) is 19.9 Å². The van der Waals surface area contributed by atoms with Crippen LogP contribution in [-0.2, 0) is 0 Å². The molecular formula is C49H35N5. The van der Waals surface area contributed by atoms with E-state index < -0.39 is 0 Å². The second kappa shape index (κ2) is 13.2. The van der Waals surface area contributed by atoms with Gasteiger partial charge < -0.3 is 4.57 Å². The summed E-state index contributed by atoms with van der Waals surface area (Å²) in [6, 6.07) is 57.0. The first kappa shape index (κ1) is 31.7. The van der Waals surface area contributed by atoms with Crippen LogP contribution in [0.4, 0.5) is 0 Å². The third-order valence-electron chi connectivity index (χ3n) is 10.5. The van der Waals surface area contributed by atoms with Crippen molar-refractivity contribution in [3.05, 3.63) is 187 Å². The molecule has 0 spiro atoms. The number of fused-ring (bicyclic) bond motifs is 5. The third-order valence-corrected chi connectivity index (χ3v) is 10.5. The molecule has 0 saturated carbocycles. The highest BCUT2D eigenvalue weighted by Crippen LogP contribution is 2.41. The molecule has 0 bridgehead atoms. The van der Waals surface area contributed by atoms with Gasteiger partial charge in [0.15, 0.2) is 17.5 Å². The minimum atomic E-state index is 0.242. The van der Waals surface area contributed by atoms with E-state index in [4.69, 9.17) is 19.9 Å². The third kappa shape index (κ3) is 5.49. The highest BCUT2D eigenvalue weighted by Gasteiger charge is 2.23. The van der Waals surface area contributed by atoms with Crippen LogP contribution in [0.2, 0.25) is 0 Å². The molecule has 0 fully saturated rings. The molecule has 1 aliphatic rings. The van der Waals surface area contributed by atoms with Crippen LogP contribution in [0.1, 0.15) is 24.7 Å². The summed E-state index contributed by atoms with van der Waals surface area (Å²) in [6.07, 6.45) is 5.33. The van der Waals surface area contributed by atoms with Crippen LogP contribution < -0.4 is 0 Å². The van der Waals surface area contributed by atoms with Crippen molar-refractivity contribution in [3.8, 4) is 39.7 Å². The maximum atomic E-state index is 5.25. The van der Waals surface area contributed by atoms with Crippen LogP contribution in [0.3, 0.4) is 0 Å². The van der Waals surface area contributed by atoms with Crippen LogP contribution in [-0.4, -0.2) is 24.5 Å². The Bertz CT molecular complexity index is 2890. The number of allylic oxidation sites excluding steroid dienone is 4. The smallest absolute Gasteiger partial charge is 0.164 e. The van der Waals surface area contributed by atoms with Gasteiger partial charge in [-0.2, -0.15) is 0 Å². The fourth-order valence-electron chi connectivity index (χ4n) is 7.89. The van der Waals surface area contributed by atoms with Gasteiger partial charge in [-0.1, -0.05) is 146 Å². The van der Waals surface area contributed by atoms with Gasteiger partial charge in [0.1, 0.15) is 0 Å². The summed E-state index contributed by atoms with van der Waals surface area (Å²) < 4.78 is 2.38. The Kier molecular flexibility index (Phi) is 7.76. The van der Waals surface area contributed by atoms with Gasteiger partial charge >= 0.3 is 0 Å². The van der Waals surface area contributed by atoms with Crippen molar-refractivity contribution in [3.63, 3.8) is 0 Å². The van der Waals surface area contributed by atoms with E-state index in [1.165, 1.54) is 16.5 Å². The zero-order chi connectivity index (χ0) is 36.0. The van der Waals surface area contributed by atoms with Crippen LogP contribution in [0, 0.1) is 5.92 Å². The lowest BCUT2D eigenvalue weighted by atomic mass is 9.85. The Hall–Kier alpha value is -6.98. The number of hydrogen-bond acceptors (Lipinski definition) is 4. The molecule has 1 aliphatic carbocycles. The van der Waals surface area contributed by atoms with Crippen molar-refractivity contribution in [2.75, 3.05) is 0 Å². The SMILES string of the molecule is CC1CC(c2ccccc2)=CC=C1c1nc(-c2ccccc2)nc(-c2ccc(-n3c4ccccc4c4c(-c5ccccc5)nc5ccccc5c43)cc2)n1. The second-order valence-corrected chi connectivity index (χ2v) is 13.9. The average molecular weight is 694 g/mol. The summed E-state index contributed by atoms with van der Waals surface area (Å²) in [5.74, 6) is 2.28. The lowest BCUT2D eigenvalue weighted by Crippen LogP contribution is -2.10. The first-order chi connectivity index (χ1) is 26.7. The average Bonchev–Trinajstić information content (AvgIpc) is 3.60. The van der Waals surface area contributed by atoms with Gasteiger partial charge in [-0.15, -0.1) is 0 Å². The Morgan fingerprint density at radius 1 is 0.481 bits per heavy atom. The molecule has 5 heteroatoms. The molecule has 9 aromatic rings. The predicted octanol–water partition coefficient (Wildman–Crippen LogP) is 12.0. The summed E-state index contributed by atoms with van der Waals surface area (Å²) in [6.45, 7) is 2.26. The van der Waals surface area contributed by atoms with Crippen molar-refractivity contribution in [2.24, 2.45) is 5.92 Å². The van der Waals surface area contributed by atoms with Gasteiger partial charge in [0.05, 0.1) is 22.2 Å². The lowest BCUT2D eigenvalue weighted by molar-refractivity contribution is 0.758. The largest absolute Gasteiger partial charge is 0.308 e. The molecule has 0 aliphatic heterocycles. The van der Waals surface area contributed by atoms with Gasteiger partial charge in [0.2, 0.25) is 0 Å². The molecule has 10 rings (SSSR count). The van der Waals surface area contributed by atoms with Gasteiger partial charge in [-0.3, -0.25) is 0 Å². The van der Waals surface area contributed by atoms with E-state index >= 15 is 0 Å². The van der Waals surface area contributed by atoms with Crippen molar-refractivity contribution in [2.45, 2.75) is 13.3 Å². The van der Waals surface area contributed by atoms with Crippen molar-refractivity contribution < 1.29 is 0 Å². The maximum absolute atomic E-state index is 5.25. The first-order valence-electron chi connectivity index (χ1n) is 18.5. The van der Waals surface area contributed by atoms with Gasteiger partial charge in [0, 0.05) is 44.1 Å². The minimum Gasteiger partial charge on any atom is -0.308 e. The molecule has 5 nitrogen and oxygen atoms in total. The molecule has 0 radical (unpaired) electrons. The van der Waals surface area contributed by atoms with Crippen molar-refractivity contribution >= 4 is 43.9 Å². The highest BCUT2D eigenvalue weighted by atomic mass is 15.0. The Morgan fingerprint density at radius 3 is 1.72 bits per heavy atom. The molecule has 54 heavy (non-hydrogen) atoms. The van der Waals surface area contributed by atoms with Crippen LogP contribution >= 0.6 is 0 Å². The second-order valence-electron chi connectivity index (χ2n) is 13.9. The quantitative estimate of drug-likeness (QED) is 0.174. The van der Waals surface area contributed by atoms with Crippen LogP contribution in [0.25, 0.3) is 83.6 Å². The van der Waals surface area contributed by atoms with E-state index in [1.807, 2.05) is 18.2 Å². The molecule has 256 valence electrons. The summed E-state index contributed by atoms with van der Waals surface area (Å²) in [5, 5.41) is 3.43. The number of para-hydroxylation sites is 2. The predicted molar refractivity (Wildman–Crippen MR) is 222 cm³/mol.